The average molecular weight is 224 g/mol. The maximum Gasteiger partial charge on any atom is 0.308 e. The predicted octanol–water partition coefficient (Wildman–Crippen LogP) is 2.14. The second kappa shape index (κ2) is 2.81. The first kappa shape index (κ1) is 10.6. The Balaban J connectivity index is 1.96. The number of ether oxygens (including phenoxy) is 2. The van der Waals surface area contributed by atoms with Gasteiger partial charge in [0, 0.05) is 10.8 Å². The third-order valence-electron chi connectivity index (χ3n) is 6.04. The fraction of sp³-hybridized carbons (Fsp3) is 0.923. The van der Waals surface area contributed by atoms with Crippen molar-refractivity contribution >= 4 is 5.97 Å². The maximum absolute atomic E-state index is 11.6. The average Bonchev–Trinajstić information content (AvgIpc) is 2.70. The van der Waals surface area contributed by atoms with E-state index in [1.807, 2.05) is 0 Å². The molecule has 3 heteroatoms. The molecule has 2 saturated carbocycles. The third-order valence-corrected chi connectivity index (χ3v) is 6.04. The van der Waals surface area contributed by atoms with Crippen LogP contribution in [-0.4, -0.2) is 25.3 Å². The molecule has 1 aliphatic heterocycles. The van der Waals surface area contributed by atoms with Crippen molar-refractivity contribution < 1.29 is 14.3 Å². The van der Waals surface area contributed by atoms with Crippen LogP contribution in [0.25, 0.3) is 0 Å². The summed E-state index contributed by atoms with van der Waals surface area (Å²) in [6.07, 6.45) is 3.99. The van der Waals surface area contributed by atoms with Gasteiger partial charge in [-0.2, -0.15) is 0 Å². The van der Waals surface area contributed by atoms with Gasteiger partial charge in [0.05, 0.1) is 25.7 Å². The summed E-state index contributed by atoms with van der Waals surface area (Å²) in [6.45, 7) is 5.48. The Kier molecular flexibility index (Phi) is 1.86. The van der Waals surface area contributed by atoms with Crippen LogP contribution in [0.4, 0.5) is 0 Å². The molecule has 4 bridgehead atoms. The van der Waals surface area contributed by atoms with Gasteiger partial charge < -0.3 is 9.47 Å². The highest BCUT2D eigenvalue weighted by atomic mass is 16.5. The maximum atomic E-state index is 11.6. The first-order chi connectivity index (χ1) is 7.47. The van der Waals surface area contributed by atoms with Crippen molar-refractivity contribution in [1.82, 2.24) is 0 Å². The molecule has 3 aliphatic rings. The van der Waals surface area contributed by atoms with Crippen LogP contribution >= 0.6 is 0 Å². The largest absolute Gasteiger partial charge is 0.469 e. The van der Waals surface area contributed by atoms with Crippen molar-refractivity contribution in [2.75, 3.05) is 13.7 Å². The smallest absolute Gasteiger partial charge is 0.308 e. The molecule has 0 aromatic carbocycles. The van der Waals surface area contributed by atoms with E-state index in [-0.39, 0.29) is 17.0 Å². The van der Waals surface area contributed by atoms with Gasteiger partial charge in [0.25, 0.3) is 0 Å². The van der Waals surface area contributed by atoms with Gasteiger partial charge >= 0.3 is 5.97 Å². The van der Waals surface area contributed by atoms with Gasteiger partial charge in [-0.1, -0.05) is 13.8 Å². The van der Waals surface area contributed by atoms with E-state index in [1.54, 1.807) is 0 Å². The molecule has 0 unspecified atom stereocenters. The van der Waals surface area contributed by atoms with Gasteiger partial charge in [0.15, 0.2) is 0 Å². The minimum atomic E-state index is -0.224. The summed E-state index contributed by atoms with van der Waals surface area (Å²) < 4.78 is 10.9. The normalized spacial score (nSPS) is 53.3. The monoisotopic (exact) mass is 224 g/mol. The van der Waals surface area contributed by atoms with Gasteiger partial charge in [-0.05, 0) is 25.2 Å². The molecule has 4 atom stereocenters. The van der Waals surface area contributed by atoms with Crippen LogP contribution in [0.3, 0.4) is 0 Å². The molecule has 0 radical (unpaired) electrons. The summed E-state index contributed by atoms with van der Waals surface area (Å²) in [6, 6.07) is 0. The number of hydrogen-bond acceptors (Lipinski definition) is 3. The lowest BCUT2D eigenvalue weighted by Crippen LogP contribution is -2.45. The zero-order valence-electron chi connectivity index (χ0n) is 10.3. The van der Waals surface area contributed by atoms with Gasteiger partial charge in [0.1, 0.15) is 0 Å². The Bertz CT molecular complexity index is 353. The lowest BCUT2D eigenvalue weighted by atomic mass is 9.65. The molecule has 2 aliphatic carbocycles. The minimum Gasteiger partial charge on any atom is -0.469 e. The Morgan fingerprint density at radius 2 is 2.25 bits per heavy atom. The molecule has 0 N–H and O–H groups in total. The highest BCUT2D eigenvalue weighted by molar-refractivity contribution is 5.71. The van der Waals surface area contributed by atoms with E-state index in [1.165, 1.54) is 20.0 Å². The Morgan fingerprint density at radius 3 is 2.81 bits per heavy atom. The van der Waals surface area contributed by atoms with Crippen LogP contribution in [0.2, 0.25) is 0 Å². The fourth-order valence-corrected chi connectivity index (χ4v) is 4.62. The molecule has 16 heavy (non-hydrogen) atoms. The molecule has 3 fully saturated rings. The fourth-order valence-electron chi connectivity index (χ4n) is 4.62. The first-order valence-electron chi connectivity index (χ1n) is 6.18. The molecule has 90 valence electrons. The summed E-state index contributed by atoms with van der Waals surface area (Å²) in [7, 11) is 1.46. The van der Waals surface area contributed by atoms with E-state index >= 15 is 0 Å². The summed E-state index contributed by atoms with van der Waals surface area (Å²) in [5.74, 6) is 0.619. The molecule has 0 amide bonds. The summed E-state index contributed by atoms with van der Waals surface area (Å²) in [5, 5.41) is 0. The summed E-state index contributed by atoms with van der Waals surface area (Å²) in [4.78, 5) is 11.6. The first-order valence-corrected chi connectivity index (χ1v) is 6.18. The van der Waals surface area contributed by atoms with E-state index in [2.05, 4.69) is 13.8 Å². The van der Waals surface area contributed by atoms with Crippen LogP contribution in [0.1, 0.15) is 39.5 Å². The highest BCUT2D eigenvalue weighted by Crippen LogP contribution is 2.75. The van der Waals surface area contributed by atoms with Crippen molar-refractivity contribution in [3.05, 3.63) is 0 Å². The molecular weight excluding hydrogens is 204 g/mol. The number of methoxy groups -OCH3 is 1. The second-order valence-corrected chi connectivity index (χ2v) is 6.23. The quantitative estimate of drug-likeness (QED) is 0.674. The number of carbonyl (C=O) groups excluding carboxylic acids is 1. The Labute approximate surface area is 96.5 Å². The molecule has 3 rings (SSSR count). The molecular formula is C13H20O3. The number of carbonyl (C=O) groups is 1. The van der Waals surface area contributed by atoms with Crippen molar-refractivity contribution in [1.29, 1.82) is 0 Å². The van der Waals surface area contributed by atoms with Crippen LogP contribution in [0, 0.1) is 16.7 Å². The van der Waals surface area contributed by atoms with Gasteiger partial charge in [-0.25, -0.2) is 0 Å². The topological polar surface area (TPSA) is 35.5 Å². The number of hydrogen-bond donors (Lipinski definition) is 0. The molecule has 0 aromatic rings. The molecule has 0 spiro atoms. The van der Waals surface area contributed by atoms with E-state index in [0.29, 0.717) is 11.8 Å². The van der Waals surface area contributed by atoms with Crippen LogP contribution in [0.15, 0.2) is 0 Å². The lowest BCUT2D eigenvalue weighted by Gasteiger charge is -2.40. The second-order valence-electron chi connectivity index (χ2n) is 6.23. The number of rotatable bonds is 2. The van der Waals surface area contributed by atoms with Gasteiger partial charge in [-0.3, -0.25) is 4.79 Å². The van der Waals surface area contributed by atoms with Crippen molar-refractivity contribution in [3.8, 4) is 0 Å². The zero-order chi connectivity index (χ0) is 11.6. The molecule has 1 heterocycles. The van der Waals surface area contributed by atoms with Crippen LogP contribution < -0.4 is 0 Å². The molecule has 0 aromatic heterocycles. The zero-order valence-corrected chi connectivity index (χ0v) is 10.3. The van der Waals surface area contributed by atoms with Crippen LogP contribution in [0.5, 0.6) is 0 Å². The molecule has 1 saturated heterocycles. The Hall–Kier alpha value is -0.570. The summed E-state index contributed by atoms with van der Waals surface area (Å²) >= 11 is 0. The van der Waals surface area contributed by atoms with Gasteiger partial charge in [0.2, 0.25) is 0 Å². The number of esters is 1. The van der Waals surface area contributed by atoms with E-state index in [0.717, 1.165) is 18.9 Å². The third kappa shape index (κ3) is 0.885. The lowest BCUT2D eigenvalue weighted by molar-refractivity contribution is -0.154. The minimum absolute atomic E-state index is 0.127. The van der Waals surface area contributed by atoms with Crippen molar-refractivity contribution in [2.45, 2.75) is 45.1 Å². The predicted molar refractivity (Wildman–Crippen MR) is 58.9 cm³/mol. The standard InChI is InChI=1S/C13H20O3/c1-11-8-16-13(7-10(14)15-3)6-9(11)4-5-12(11,13)2/h9H,4-8H2,1-3H3/t9-,11+,12-,13+/m1/s1. The van der Waals surface area contributed by atoms with Crippen LogP contribution in [-0.2, 0) is 14.3 Å². The van der Waals surface area contributed by atoms with E-state index in [9.17, 15) is 4.79 Å². The highest BCUT2D eigenvalue weighted by Gasteiger charge is 2.76. The van der Waals surface area contributed by atoms with Crippen molar-refractivity contribution in [2.24, 2.45) is 16.7 Å². The van der Waals surface area contributed by atoms with Gasteiger partial charge in [-0.15, -0.1) is 0 Å². The van der Waals surface area contributed by atoms with Crippen molar-refractivity contribution in [3.63, 3.8) is 0 Å². The SMILES string of the molecule is COC(=O)C[C@@]12C[C@H]3CC[C@]1(C)[C@@]3(C)CO2. The van der Waals surface area contributed by atoms with E-state index < -0.39 is 0 Å². The Morgan fingerprint density at radius 1 is 1.50 bits per heavy atom. The van der Waals surface area contributed by atoms with E-state index in [4.69, 9.17) is 9.47 Å². The summed E-state index contributed by atoms with van der Waals surface area (Å²) in [5.41, 5.74) is 0.248. The molecule has 3 nitrogen and oxygen atoms in total.